The van der Waals surface area contributed by atoms with E-state index in [0.717, 1.165) is 24.5 Å². The van der Waals surface area contributed by atoms with Gasteiger partial charge in [-0.2, -0.15) is 12.6 Å². The zero-order chi connectivity index (χ0) is 95.0. The smallest absolute Gasteiger partial charge is 0.322 e. The van der Waals surface area contributed by atoms with E-state index < -0.39 is 285 Å². The van der Waals surface area contributed by atoms with Crippen molar-refractivity contribution in [1.82, 2.24) is 107 Å². The molecule has 50 heteroatoms. The van der Waals surface area contributed by atoms with Crippen molar-refractivity contribution in [2.45, 2.75) is 250 Å². The van der Waals surface area contributed by atoms with Gasteiger partial charge in [0, 0.05) is 123 Å². The second kappa shape index (κ2) is 43.3. The number of thiol groups is 1. The highest BCUT2D eigenvalue weighted by atomic mass is 32.1. The molecule has 16 N–H and O–H groups in total. The topological polar surface area (TPSA) is 647 Å². The Morgan fingerprint density at radius 1 is 0.280 bits per heavy atom. The van der Waals surface area contributed by atoms with Crippen LogP contribution in [-0.2, 0) is 101 Å². The van der Waals surface area contributed by atoms with E-state index in [1.165, 1.54) is 34.3 Å². The quantitative estimate of drug-likeness (QED) is 0.0297. The molecule has 13 saturated heterocycles. The van der Waals surface area contributed by atoms with Crippen molar-refractivity contribution in [3.63, 3.8) is 0 Å². The Balaban J connectivity index is 0.529. The highest BCUT2D eigenvalue weighted by Gasteiger charge is 2.53. The molecular weight excluding hydrogens is 1760 g/mol. The van der Waals surface area contributed by atoms with E-state index in [2.05, 4.69) is 60.5 Å². The summed E-state index contributed by atoms with van der Waals surface area (Å²) in [6.07, 6.45) is -3.54. The summed E-state index contributed by atoms with van der Waals surface area (Å²) in [5.74, 6) is -15.8. The van der Waals surface area contributed by atoms with Gasteiger partial charge in [0.1, 0.15) is 85.1 Å². The van der Waals surface area contributed by atoms with Crippen molar-refractivity contribution < 1.29 is 136 Å². The van der Waals surface area contributed by atoms with Crippen LogP contribution < -0.4 is 47.9 Å². The second-order valence-electron chi connectivity index (χ2n) is 36.2. The van der Waals surface area contributed by atoms with Crippen molar-refractivity contribution in [2.75, 3.05) is 137 Å². The number of hydrogen-bond donors (Lipinski definition) is 17. The molecule has 20 amide bonds. The molecule has 49 nitrogen and oxygen atoms in total. The number of aliphatic hydroxyl groups is 6. The minimum absolute atomic E-state index is 0.0242. The Kier molecular flexibility index (Phi) is 32.3. The summed E-state index contributed by atoms with van der Waals surface area (Å²) in [5, 5.41) is 95.8. The van der Waals surface area contributed by atoms with Crippen LogP contribution in [0.15, 0.2) is 0 Å². The monoisotopic (exact) mass is 1880 g/mol. The molecule has 0 bridgehead atoms. The molecule has 0 aliphatic carbocycles. The molecule has 0 spiro atoms. The number of aliphatic hydroxyl groups excluding tert-OH is 6. The maximum atomic E-state index is 14.5. The van der Waals surface area contributed by atoms with Gasteiger partial charge in [0.15, 0.2) is 0 Å². The van der Waals surface area contributed by atoms with E-state index >= 15 is 0 Å². The lowest BCUT2D eigenvalue weighted by Gasteiger charge is -2.32. The molecule has 13 rings (SSSR count). The van der Waals surface area contributed by atoms with Gasteiger partial charge in [0.2, 0.25) is 118 Å². The molecule has 13 aliphatic rings. The second-order valence-corrected chi connectivity index (χ2v) is 36.5. The first kappa shape index (κ1) is 98.4. The number of rotatable bonds is 30. The Morgan fingerprint density at radius 3 is 0.742 bits per heavy atom. The van der Waals surface area contributed by atoms with Gasteiger partial charge in [-0.1, -0.05) is 0 Å². The maximum Gasteiger partial charge on any atom is 0.322 e. The molecule has 0 radical (unpaired) electrons. The fraction of sp³-hybridized carbons (Fsp3) is 0.744. The maximum absolute atomic E-state index is 14.5. The fourth-order valence-electron chi connectivity index (χ4n) is 20.9. The number of carboxylic acids is 1. The third-order valence-corrected chi connectivity index (χ3v) is 27.8. The van der Waals surface area contributed by atoms with Crippen LogP contribution in [-0.4, -0.2) is 477 Å². The summed E-state index contributed by atoms with van der Waals surface area (Å²) in [6, 6.07) is -15.9. The third kappa shape index (κ3) is 22.2. The minimum Gasteiger partial charge on any atom is -0.480 e. The Bertz CT molecular complexity index is 4500. The van der Waals surface area contributed by atoms with Gasteiger partial charge >= 0.3 is 5.97 Å². The molecule has 132 heavy (non-hydrogen) atoms. The Morgan fingerprint density at radius 2 is 0.508 bits per heavy atom. The molecule has 13 heterocycles. The van der Waals surface area contributed by atoms with Crippen LogP contribution in [0.5, 0.6) is 0 Å². The molecule has 0 saturated carbocycles. The van der Waals surface area contributed by atoms with Crippen LogP contribution in [0, 0.1) is 0 Å². The number of carboxylic acid groups (broad SMARTS) is 1. The number of carbonyl (C=O) groups is 21. The number of hydrogen-bond acceptors (Lipinski definition) is 29. The summed E-state index contributed by atoms with van der Waals surface area (Å²) in [5.41, 5.74) is 0. The van der Waals surface area contributed by atoms with Crippen LogP contribution in [0.3, 0.4) is 0 Å². The van der Waals surface area contributed by atoms with Crippen LogP contribution in [0.1, 0.15) is 128 Å². The molecule has 13 fully saturated rings. The number of amides is 20. The first-order valence-electron chi connectivity index (χ1n) is 45.5. The molecule has 0 aromatic heterocycles. The summed E-state index contributed by atoms with van der Waals surface area (Å²) >= 11 is 4.27. The van der Waals surface area contributed by atoms with Crippen LogP contribution in [0.4, 0.5) is 0 Å². The number of likely N-dealkylation sites (tertiary alicyclic amines) is 12. The molecular formula is C82H119N21O28S. The van der Waals surface area contributed by atoms with Gasteiger partial charge in [-0.15, -0.1) is 0 Å². The standard InChI is InChI=1S/C82H119N21O28S/c104-42-22-48(83-28-42)76(125)92-15-1-8-50(92)70(119)85-30-63(111)100-37-44(106)24-58(100)79(128)95-18-4-11-53(95)73(122)88-33-66(114)102-39-46(108)26-60(102)81(130)97-20-6-13-55(97)74(123)89-34-67(115)101-38-45(107)25-59(101)80(129)96-19-5-12-54(96)72(121)87-32-65(113)99-36-43(105)23-57(99)78(127)94-17-3-10-52(94)69(118)84-29-62(110)91-49(41-132)77(126)93-16-2-9-51(93)71(120)86-31-64(112)103-40-47(109)27-61(103)82(131)98-21-7-14-56(98)75(124)90-35-68(116)117/h42-61,83,104-109,132H,1-41H2,(H,84,118)(H,85,119)(H,86,120)(H,87,121)(H,88,122)(H,89,123)(H,90,124)(H,91,110)(H,116,117)/t42-,43-,44-,45-,46-,47-,48+,49+,50+,51+,52+,53+,54+,55+,56+,57+,58+,59+,60+,61+/m1/s1. The summed E-state index contributed by atoms with van der Waals surface area (Å²) in [6.45, 7) is -5.23. The first-order valence-corrected chi connectivity index (χ1v) is 46.1. The number of nitrogens with one attached hydrogen (secondary N) is 9. The van der Waals surface area contributed by atoms with E-state index in [-0.39, 0.29) is 167 Å². The number of nitrogens with zero attached hydrogens (tertiary/aromatic N) is 12. The fourth-order valence-corrected chi connectivity index (χ4v) is 21.2. The predicted octanol–water partition coefficient (Wildman–Crippen LogP) is -13.2. The lowest BCUT2D eigenvalue weighted by atomic mass is 10.1. The third-order valence-electron chi connectivity index (χ3n) is 27.4. The average Bonchev–Trinajstić information content (AvgIpc) is 1.67. The number of β-amino-alcohol motifs (C(OH)–C–C–N with tert-alkyl or cyclic N) is 6. The highest BCUT2D eigenvalue weighted by molar-refractivity contribution is 7.80. The molecule has 0 aromatic carbocycles. The van der Waals surface area contributed by atoms with E-state index in [1.807, 2.05) is 0 Å². The molecule has 726 valence electrons. The van der Waals surface area contributed by atoms with E-state index in [9.17, 15) is 131 Å². The Hall–Kier alpha value is -11.1. The SMILES string of the molecule is O=C(O)CNC(=O)[C@@H]1CCCN1C(=O)[C@@H]1C[C@@H](O)CN1C(=O)CNC(=O)[C@@H]1CCCN1C(=O)[C@H](CS)NC(=O)CNC(=O)[C@@H]1CCCN1C(=O)[C@@H]1C[C@@H](O)CN1C(=O)CNC(=O)[C@@H]1CCCN1C(=O)[C@@H]1C[C@@H](O)CN1C(=O)CNC(=O)[C@@H]1CCCN1C(=O)[C@@H]1C[C@@H](O)CN1C(=O)CNC(=O)[C@@H]1CCCN1C(=O)[C@@H]1C[C@@H](O)CN1C(=O)CNC(=O)[C@@H]1CCCN1C(=O)[C@@H]1C[C@@H](O)CN1. The van der Waals surface area contributed by atoms with Crippen LogP contribution in [0.2, 0.25) is 0 Å². The van der Waals surface area contributed by atoms with Crippen molar-refractivity contribution in [3.8, 4) is 0 Å². The highest BCUT2D eigenvalue weighted by Crippen LogP contribution is 2.34. The number of carbonyl (C=O) groups excluding carboxylic acids is 20. The largest absolute Gasteiger partial charge is 0.480 e. The predicted molar refractivity (Wildman–Crippen MR) is 451 cm³/mol. The van der Waals surface area contributed by atoms with Crippen molar-refractivity contribution in [3.05, 3.63) is 0 Å². The molecule has 20 atom stereocenters. The molecule has 13 aliphatic heterocycles. The Labute approximate surface area is 762 Å². The van der Waals surface area contributed by atoms with Crippen molar-refractivity contribution in [1.29, 1.82) is 0 Å². The summed E-state index contributed by atoms with van der Waals surface area (Å²) < 4.78 is 0. The van der Waals surface area contributed by atoms with E-state index in [4.69, 9.17) is 5.11 Å². The van der Waals surface area contributed by atoms with Crippen molar-refractivity contribution >= 4 is 137 Å². The van der Waals surface area contributed by atoms with Gasteiger partial charge in [-0.3, -0.25) is 101 Å². The molecule has 0 aromatic rings. The van der Waals surface area contributed by atoms with Gasteiger partial charge in [-0.05, 0) is 96.3 Å². The zero-order valence-corrected chi connectivity index (χ0v) is 74.0. The van der Waals surface area contributed by atoms with Gasteiger partial charge in [0.05, 0.1) is 81.9 Å². The lowest BCUT2D eigenvalue weighted by Crippen LogP contribution is -2.57. The normalized spacial score (nSPS) is 30.0. The van der Waals surface area contributed by atoms with E-state index in [1.54, 1.807) is 0 Å². The number of aliphatic carboxylic acids is 1. The molecule has 0 unspecified atom stereocenters. The van der Waals surface area contributed by atoms with Crippen molar-refractivity contribution in [2.24, 2.45) is 0 Å². The average molecular weight is 1880 g/mol. The van der Waals surface area contributed by atoms with Gasteiger partial charge < -0.3 is 142 Å². The van der Waals surface area contributed by atoms with Crippen LogP contribution in [0.25, 0.3) is 0 Å². The lowest BCUT2D eigenvalue weighted by molar-refractivity contribution is -0.148. The minimum atomic E-state index is -1.32. The van der Waals surface area contributed by atoms with E-state index in [0.29, 0.717) is 57.9 Å². The zero-order valence-electron chi connectivity index (χ0n) is 73.1. The van der Waals surface area contributed by atoms with Gasteiger partial charge in [-0.25, -0.2) is 0 Å². The summed E-state index contributed by atoms with van der Waals surface area (Å²) in [4.78, 5) is 302. The summed E-state index contributed by atoms with van der Waals surface area (Å²) in [7, 11) is 0. The van der Waals surface area contributed by atoms with Crippen LogP contribution >= 0.6 is 12.6 Å². The first-order chi connectivity index (χ1) is 63.0. The van der Waals surface area contributed by atoms with Gasteiger partial charge in [0.25, 0.3) is 0 Å².